The lowest BCUT2D eigenvalue weighted by Crippen LogP contribution is -2.04. The second-order valence-electron chi connectivity index (χ2n) is 5.01. The van der Waals surface area contributed by atoms with E-state index in [9.17, 15) is 13.2 Å². The molecular weight excluding hydrogens is 249 g/mol. The molecule has 0 aromatic heterocycles. The van der Waals surface area contributed by atoms with E-state index in [0.29, 0.717) is 0 Å². The average molecular weight is 276 g/mol. The van der Waals surface area contributed by atoms with E-state index in [-0.39, 0.29) is 5.92 Å². The number of halogens is 3. The van der Waals surface area contributed by atoms with Crippen LogP contribution in [-0.4, -0.2) is 0 Å². The zero-order valence-corrected chi connectivity index (χ0v) is 13.1. The summed E-state index contributed by atoms with van der Waals surface area (Å²) in [5.74, 6) is 1.10. The van der Waals surface area contributed by atoms with Crippen molar-refractivity contribution in [2.75, 3.05) is 0 Å². The van der Waals surface area contributed by atoms with E-state index in [1.165, 1.54) is 12.1 Å². The summed E-state index contributed by atoms with van der Waals surface area (Å²) >= 11 is 0. The summed E-state index contributed by atoms with van der Waals surface area (Å²) in [6.07, 6.45) is -4.23. The van der Waals surface area contributed by atoms with Gasteiger partial charge in [0.05, 0.1) is 5.56 Å². The minimum atomic E-state index is -4.23. The molecule has 0 saturated heterocycles. The van der Waals surface area contributed by atoms with Crippen molar-refractivity contribution >= 4 is 0 Å². The van der Waals surface area contributed by atoms with E-state index in [2.05, 4.69) is 20.8 Å². The first-order valence-corrected chi connectivity index (χ1v) is 6.81. The maximum Gasteiger partial charge on any atom is 0.416 e. The molecule has 0 aliphatic rings. The largest absolute Gasteiger partial charge is 0.416 e. The zero-order valence-electron chi connectivity index (χ0n) is 13.1. The highest BCUT2D eigenvalue weighted by Gasteiger charge is 2.29. The molecule has 19 heavy (non-hydrogen) atoms. The smallest absolute Gasteiger partial charge is 0.166 e. The average Bonchev–Trinajstić information content (AvgIpc) is 2.30. The molecular formula is C16H27F3. The highest BCUT2D eigenvalue weighted by Crippen LogP contribution is 2.29. The first kappa shape index (κ1) is 20.3. The van der Waals surface area contributed by atoms with Crippen LogP contribution in [0.4, 0.5) is 13.2 Å². The van der Waals surface area contributed by atoms with Crippen molar-refractivity contribution in [3.05, 3.63) is 35.4 Å². The highest BCUT2D eigenvalue weighted by molar-refractivity contribution is 5.26. The monoisotopic (exact) mass is 276 g/mol. The van der Waals surface area contributed by atoms with E-state index >= 15 is 0 Å². The minimum absolute atomic E-state index is 0.266. The molecule has 1 rings (SSSR count). The van der Waals surface area contributed by atoms with Gasteiger partial charge in [-0.15, -0.1) is 0 Å². The third-order valence-corrected chi connectivity index (χ3v) is 1.90. The fourth-order valence-corrected chi connectivity index (χ4v) is 1.06. The summed E-state index contributed by atoms with van der Waals surface area (Å²) in [5, 5.41) is 0. The van der Waals surface area contributed by atoms with Gasteiger partial charge in [-0.2, -0.15) is 13.2 Å². The third-order valence-electron chi connectivity index (χ3n) is 1.90. The molecule has 1 aromatic rings. The minimum Gasteiger partial charge on any atom is -0.166 e. The fraction of sp³-hybridized carbons (Fsp3) is 0.625. The van der Waals surface area contributed by atoms with Crippen LogP contribution in [0.3, 0.4) is 0 Å². The van der Waals surface area contributed by atoms with Gasteiger partial charge in [-0.25, -0.2) is 0 Å². The van der Waals surface area contributed by atoms with Gasteiger partial charge in [-0.05, 0) is 29.5 Å². The summed E-state index contributed by atoms with van der Waals surface area (Å²) in [7, 11) is 0. The summed E-state index contributed by atoms with van der Waals surface area (Å²) in [5.41, 5.74) is 0.338. The predicted molar refractivity (Wildman–Crippen MR) is 77.4 cm³/mol. The van der Waals surface area contributed by atoms with Crippen molar-refractivity contribution in [2.24, 2.45) is 5.92 Å². The van der Waals surface area contributed by atoms with E-state index in [1.54, 1.807) is 0 Å². The number of benzene rings is 1. The maximum absolute atomic E-state index is 12.1. The first-order valence-electron chi connectivity index (χ1n) is 6.81. The lowest BCUT2D eigenvalue weighted by Gasteiger charge is -2.09. The molecule has 0 saturated carbocycles. The Balaban J connectivity index is 0. The van der Waals surface area contributed by atoms with Crippen molar-refractivity contribution in [3.8, 4) is 0 Å². The summed E-state index contributed by atoms with van der Waals surface area (Å²) < 4.78 is 36.4. The molecule has 0 fully saturated rings. The van der Waals surface area contributed by atoms with E-state index < -0.39 is 11.7 Å². The predicted octanol–water partition coefficient (Wildman–Crippen LogP) is 6.52. The molecule has 0 N–H and O–H groups in total. The second kappa shape index (κ2) is 9.88. The van der Waals surface area contributed by atoms with Crippen LogP contribution in [0.2, 0.25) is 0 Å². The van der Waals surface area contributed by atoms with Crippen LogP contribution in [0, 0.1) is 5.92 Å². The number of alkyl halides is 3. The lowest BCUT2D eigenvalue weighted by atomic mass is 10.0. The van der Waals surface area contributed by atoms with Gasteiger partial charge < -0.3 is 0 Å². The van der Waals surface area contributed by atoms with Crippen molar-refractivity contribution in [1.29, 1.82) is 0 Å². The maximum atomic E-state index is 12.1. The van der Waals surface area contributed by atoms with Crippen molar-refractivity contribution in [2.45, 2.75) is 60.6 Å². The van der Waals surface area contributed by atoms with Gasteiger partial charge in [0.1, 0.15) is 0 Å². The SMILES string of the molecule is CC.CC(C)C.CC(C)c1ccc(C(F)(F)F)cc1. The Morgan fingerprint density at radius 1 is 0.789 bits per heavy atom. The Bertz CT molecular complexity index is 305. The van der Waals surface area contributed by atoms with Gasteiger partial charge >= 0.3 is 6.18 Å². The molecule has 0 aliphatic carbocycles. The molecule has 0 bridgehead atoms. The molecule has 0 unspecified atom stereocenters. The van der Waals surface area contributed by atoms with E-state index in [0.717, 1.165) is 23.6 Å². The summed E-state index contributed by atoms with van der Waals surface area (Å²) in [6, 6.07) is 5.28. The molecule has 0 radical (unpaired) electrons. The van der Waals surface area contributed by atoms with Crippen LogP contribution in [0.5, 0.6) is 0 Å². The van der Waals surface area contributed by atoms with Gasteiger partial charge in [0.15, 0.2) is 0 Å². The molecule has 0 aliphatic heterocycles. The highest BCUT2D eigenvalue weighted by atomic mass is 19.4. The Morgan fingerprint density at radius 2 is 1.11 bits per heavy atom. The van der Waals surface area contributed by atoms with Gasteiger partial charge in [-0.3, -0.25) is 0 Å². The molecule has 0 amide bonds. The third kappa shape index (κ3) is 10.6. The molecule has 1 aromatic carbocycles. The Labute approximate surface area is 116 Å². The van der Waals surface area contributed by atoms with Crippen molar-refractivity contribution in [3.63, 3.8) is 0 Å². The van der Waals surface area contributed by atoms with Crippen LogP contribution in [0.15, 0.2) is 24.3 Å². The van der Waals surface area contributed by atoms with E-state index in [1.807, 2.05) is 27.7 Å². The molecule has 0 spiro atoms. The van der Waals surface area contributed by atoms with Crippen molar-refractivity contribution < 1.29 is 13.2 Å². The fourth-order valence-electron chi connectivity index (χ4n) is 1.06. The molecule has 0 atom stereocenters. The van der Waals surface area contributed by atoms with E-state index in [4.69, 9.17) is 0 Å². The first-order chi connectivity index (χ1) is 8.64. The Morgan fingerprint density at radius 3 is 1.32 bits per heavy atom. The molecule has 0 nitrogen and oxygen atoms in total. The van der Waals surface area contributed by atoms with Gasteiger partial charge in [-0.1, -0.05) is 60.6 Å². The van der Waals surface area contributed by atoms with Crippen LogP contribution in [0.25, 0.3) is 0 Å². The Hall–Kier alpha value is -0.990. The zero-order chi connectivity index (χ0) is 15.6. The van der Waals surface area contributed by atoms with Crippen LogP contribution in [0.1, 0.15) is 65.5 Å². The quantitative estimate of drug-likeness (QED) is 0.548. The van der Waals surface area contributed by atoms with Crippen LogP contribution >= 0.6 is 0 Å². The standard InChI is InChI=1S/C10H11F3.C4H10.C2H6/c1-7(2)8-3-5-9(6-4-8)10(11,12)13;1-4(2)3;1-2/h3-7H,1-2H3;4H,1-3H3;1-2H3. The van der Waals surface area contributed by atoms with Gasteiger partial charge in [0.2, 0.25) is 0 Å². The van der Waals surface area contributed by atoms with Crippen LogP contribution < -0.4 is 0 Å². The second-order valence-corrected chi connectivity index (χ2v) is 5.01. The van der Waals surface area contributed by atoms with Crippen LogP contribution in [-0.2, 0) is 6.18 Å². The number of rotatable bonds is 1. The molecule has 0 heterocycles. The lowest BCUT2D eigenvalue weighted by molar-refractivity contribution is -0.137. The van der Waals surface area contributed by atoms with Gasteiger partial charge in [0.25, 0.3) is 0 Å². The summed E-state index contributed by atoms with van der Waals surface area (Å²) in [4.78, 5) is 0. The molecule has 112 valence electrons. The van der Waals surface area contributed by atoms with Gasteiger partial charge in [0, 0.05) is 0 Å². The topological polar surface area (TPSA) is 0 Å². The normalized spacial score (nSPS) is 10.5. The number of hydrogen-bond acceptors (Lipinski definition) is 0. The summed E-state index contributed by atoms with van der Waals surface area (Å²) in [6.45, 7) is 14.4. The molecule has 3 heteroatoms. The van der Waals surface area contributed by atoms with Crippen molar-refractivity contribution in [1.82, 2.24) is 0 Å². The number of hydrogen-bond donors (Lipinski definition) is 0. The Kier molecular flexibility index (Phi) is 10.6.